The van der Waals surface area contributed by atoms with Gasteiger partial charge in [-0.1, -0.05) is 0 Å². The van der Waals surface area contributed by atoms with E-state index in [1.807, 2.05) is 0 Å². The Bertz CT molecular complexity index is 248. The van der Waals surface area contributed by atoms with Crippen LogP contribution in [-0.4, -0.2) is 34.7 Å². The van der Waals surface area contributed by atoms with Crippen LogP contribution < -0.4 is 5.32 Å². The highest BCUT2D eigenvalue weighted by molar-refractivity contribution is 5.84. The molecule has 1 amide bonds. The topological polar surface area (TPSA) is 86.6 Å². The number of hydrogen-bond acceptors (Lipinski definition) is 3. The molecule has 0 aromatic heterocycles. The highest BCUT2D eigenvalue weighted by Gasteiger charge is 2.29. The summed E-state index contributed by atoms with van der Waals surface area (Å²) in [7, 11) is 0. The molecule has 3 N–H and O–H groups in total. The van der Waals surface area contributed by atoms with E-state index >= 15 is 0 Å². The summed E-state index contributed by atoms with van der Waals surface area (Å²) >= 11 is 0. The Kier molecular flexibility index (Phi) is 6.03. The number of hydrogen-bond donors (Lipinski definition) is 3. The Morgan fingerprint density at radius 2 is 1.94 bits per heavy atom. The fourth-order valence-corrected chi connectivity index (χ4v) is 1.16. The molecule has 0 saturated carbocycles. The number of carboxylic acid groups (broad SMARTS) is 1. The van der Waals surface area contributed by atoms with E-state index < -0.39 is 11.4 Å². The van der Waals surface area contributed by atoms with E-state index in [0.29, 0.717) is 19.4 Å². The van der Waals surface area contributed by atoms with Gasteiger partial charge in [0, 0.05) is 13.0 Å². The molecule has 0 saturated heterocycles. The summed E-state index contributed by atoms with van der Waals surface area (Å²) in [6.07, 6.45) is 0.920. The lowest BCUT2D eigenvalue weighted by Crippen LogP contribution is -2.33. The Hall–Kier alpha value is -1.10. The molecular formula is C11H21NO4. The highest BCUT2D eigenvalue weighted by Crippen LogP contribution is 2.19. The van der Waals surface area contributed by atoms with Crippen LogP contribution in [0.1, 0.15) is 40.0 Å². The Labute approximate surface area is 95.9 Å². The number of carbonyl (C=O) groups excluding carboxylic acids is 1. The molecule has 0 spiro atoms. The Balaban J connectivity index is 3.79. The van der Waals surface area contributed by atoms with Crippen LogP contribution in [0.25, 0.3) is 0 Å². The van der Waals surface area contributed by atoms with Crippen molar-refractivity contribution < 1.29 is 19.8 Å². The number of nitrogens with one attached hydrogen (secondary N) is 1. The quantitative estimate of drug-likeness (QED) is 0.565. The maximum absolute atomic E-state index is 11.4. The summed E-state index contributed by atoms with van der Waals surface area (Å²) in [5.74, 6) is -1.25. The van der Waals surface area contributed by atoms with Gasteiger partial charge < -0.3 is 15.5 Å². The van der Waals surface area contributed by atoms with Crippen molar-refractivity contribution >= 4 is 11.9 Å². The largest absolute Gasteiger partial charge is 0.481 e. The molecular weight excluding hydrogens is 210 g/mol. The van der Waals surface area contributed by atoms with Crippen LogP contribution in [0.2, 0.25) is 0 Å². The molecule has 5 heteroatoms. The molecule has 0 aliphatic carbocycles. The van der Waals surface area contributed by atoms with Gasteiger partial charge in [-0.05, 0) is 33.6 Å². The first-order chi connectivity index (χ1) is 7.25. The van der Waals surface area contributed by atoms with E-state index in [2.05, 4.69) is 5.32 Å². The predicted molar refractivity (Wildman–Crippen MR) is 60.0 cm³/mol. The van der Waals surface area contributed by atoms with Crippen molar-refractivity contribution in [2.75, 3.05) is 6.54 Å². The second kappa shape index (κ2) is 6.48. The van der Waals surface area contributed by atoms with Gasteiger partial charge in [-0.15, -0.1) is 0 Å². The van der Waals surface area contributed by atoms with Gasteiger partial charge in [0.05, 0.1) is 11.5 Å². The van der Waals surface area contributed by atoms with E-state index in [1.165, 1.54) is 13.8 Å². The van der Waals surface area contributed by atoms with Crippen LogP contribution in [0.5, 0.6) is 0 Å². The van der Waals surface area contributed by atoms with Gasteiger partial charge in [-0.2, -0.15) is 0 Å². The van der Waals surface area contributed by atoms with Crippen molar-refractivity contribution in [3.8, 4) is 0 Å². The van der Waals surface area contributed by atoms with Crippen molar-refractivity contribution in [3.63, 3.8) is 0 Å². The zero-order valence-corrected chi connectivity index (χ0v) is 10.1. The molecule has 16 heavy (non-hydrogen) atoms. The Morgan fingerprint density at radius 3 is 2.38 bits per heavy atom. The minimum atomic E-state index is -1.03. The number of aliphatic hydroxyl groups is 1. The summed E-state index contributed by atoms with van der Waals surface area (Å²) in [6, 6.07) is 0. The van der Waals surface area contributed by atoms with Crippen LogP contribution in [0, 0.1) is 5.41 Å². The van der Waals surface area contributed by atoms with Crippen LogP contribution in [-0.2, 0) is 9.59 Å². The third kappa shape index (κ3) is 6.40. The third-order valence-electron chi connectivity index (χ3n) is 2.30. The van der Waals surface area contributed by atoms with E-state index in [0.717, 1.165) is 0 Å². The number of rotatable bonds is 7. The fourth-order valence-electron chi connectivity index (χ4n) is 1.16. The maximum Gasteiger partial charge on any atom is 0.309 e. The molecule has 5 nitrogen and oxygen atoms in total. The molecule has 0 aromatic rings. The number of carboxylic acids is 1. The van der Waals surface area contributed by atoms with E-state index in [9.17, 15) is 9.59 Å². The van der Waals surface area contributed by atoms with Crippen LogP contribution in [0.15, 0.2) is 0 Å². The first-order valence-electron chi connectivity index (χ1n) is 5.44. The highest BCUT2D eigenvalue weighted by atomic mass is 16.4. The van der Waals surface area contributed by atoms with Crippen LogP contribution >= 0.6 is 0 Å². The normalized spacial score (nSPS) is 13.2. The molecule has 0 radical (unpaired) electrons. The molecule has 1 unspecified atom stereocenters. The summed E-state index contributed by atoms with van der Waals surface area (Å²) in [5, 5.41) is 20.4. The second-order valence-electron chi connectivity index (χ2n) is 4.71. The standard InChI is InChI=1S/C11H21NO4/c1-8(13)5-4-6-12-9(14)7-11(2,3)10(15)16/h8,13H,4-7H2,1-3H3,(H,12,14)(H,15,16). The van der Waals surface area contributed by atoms with E-state index in [4.69, 9.17) is 10.2 Å². The average molecular weight is 231 g/mol. The summed E-state index contributed by atoms with van der Waals surface area (Å²) in [6.45, 7) is 5.20. The van der Waals surface area contributed by atoms with Gasteiger partial charge in [-0.3, -0.25) is 9.59 Å². The molecule has 0 heterocycles. The summed E-state index contributed by atoms with van der Waals surface area (Å²) in [5.41, 5.74) is -1.03. The zero-order valence-electron chi connectivity index (χ0n) is 10.1. The number of aliphatic hydroxyl groups excluding tert-OH is 1. The SMILES string of the molecule is CC(O)CCCNC(=O)CC(C)(C)C(=O)O. The van der Waals surface area contributed by atoms with Crippen LogP contribution in [0.4, 0.5) is 0 Å². The van der Waals surface area contributed by atoms with Gasteiger partial charge in [0.2, 0.25) is 5.91 Å². The fraction of sp³-hybridized carbons (Fsp3) is 0.818. The molecule has 0 aliphatic rings. The predicted octanol–water partition coefficient (Wildman–Crippen LogP) is 0.764. The number of amides is 1. The van der Waals surface area contributed by atoms with Gasteiger partial charge in [0.15, 0.2) is 0 Å². The molecule has 0 aliphatic heterocycles. The lowest BCUT2D eigenvalue weighted by Gasteiger charge is -2.18. The van der Waals surface area contributed by atoms with Crippen LogP contribution in [0.3, 0.4) is 0 Å². The molecule has 1 atom stereocenters. The Morgan fingerprint density at radius 1 is 1.38 bits per heavy atom. The minimum absolute atomic E-state index is 0.0307. The van der Waals surface area contributed by atoms with Crippen molar-refractivity contribution in [1.29, 1.82) is 0 Å². The van der Waals surface area contributed by atoms with E-state index in [-0.39, 0.29) is 18.4 Å². The van der Waals surface area contributed by atoms with Crippen molar-refractivity contribution in [2.24, 2.45) is 5.41 Å². The van der Waals surface area contributed by atoms with E-state index in [1.54, 1.807) is 6.92 Å². The van der Waals surface area contributed by atoms with Gasteiger partial charge in [0.1, 0.15) is 0 Å². The summed E-state index contributed by atoms with van der Waals surface area (Å²) < 4.78 is 0. The average Bonchev–Trinajstić information content (AvgIpc) is 2.11. The maximum atomic E-state index is 11.4. The first kappa shape index (κ1) is 14.9. The first-order valence-corrected chi connectivity index (χ1v) is 5.44. The number of aliphatic carboxylic acids is 1. The lowest BCUT2D eigenvalue weighted by atomic mass is 9.89. The summed E-state index contributed by atoms with van der Waals surface area (Å²) in [4.78, 5) is 22.1. The molecule has 0 aromatic carbocycles. The lowest BCUT2D eigenvalue weighted by molar-refractivity contribution is -0.149. The van der Waals surface area contributed by atoms with Crippen molar-refractivity contribution in [2.45, 2.75) is 46.1 Å². The van der Waals surface area contributed by atoms with Crippen molar-refractivity contribution in [3.05, 3.63) is 0 Å². The smallest absolute Gasteiger partial charge is 0.309 e. The molecule has 0 rings (SSSR count). The van der Waals surface area contributed by atoms with Crippen molar-refractivity contribution in [1.82, 2.24) is 5.32 Å². The molecule has 0 bridgehead atoms. The second-order valence-corrected chi connectivity index (χ2v) is 4.71. The minimum Gasteiger partial charge on any atom is -0.481 e. The third-order valence-corrected chi connectivity index (χ3v) is 2.30. The molecule has 0 fully saturated rings. The number of carbonyl (C=O) groups is 2. The zero-order chi connectivity index (χ0) is 12.8. The van der Waals surface area contributed by atoms with Gasteiger partial charge in [-0.25, -0.2) is 0 Å². The monoisotopic (exact) mass is 231 g/mol. The van der Waals surface area contributed by atoms with Gasteiger partial charge in [0.25, 0.3) is 0 Å². The van der Waals surface area contributed by atoms with Gasteiger partial charge >= 0.3 is 5.97 Å². The molecule has 94 valence electrons.